The third kappa shape index (κ3) is 5.77. The minimum atomic E-state index is -2.89. The van der Waals surface area contributed by atoms with E-state index in [-0.39, 0.29) is 6.54 Å². The number of rotatable bonds is 5. The first-order valence-corrected chi connectivity index (χ1v) is 8.90. The molecule has 1 heterocycles. The van der Waals surface area contributed by atoms with Gasteiger partial charge in [0.05, 0.1) is 12.6 Å². The molecule has 1 aliphatic rings. The van der Waals surface area contributed by atoms with Gasteiger partial charge in [0.2, 0.25) is 5.91 Å². The largest absolute Gasteiger partial charge is 0.441 e. The molecule has 0 bridgehead atoms. The summed E-state index contributed by atoms with van der Waals surface area (Å²) < 4.78 is 31.8. The summed E-state index contributed by atoms with van der Waals surface area (Å²) in [5, 5.41) is 5.58. The Balaban J connectivity index is 2.20. The average Bonchev–Trinajstić information content (AvgIpc) is 2.90. The van der Waals surface area contributed by atoms with E-state index in [0.717, 1.165) is 0 Å². The van der Waals surface area contributed by atoms with Crippen molar-refractivity contribution >= 4 is 23.6 Å². The Morgan fingerprint density at radius 1 is 1.44 bits per heavy atom. The zero-order valence-corrected chi connectivity index (χ0v) is 16.2. The number of halogens is 3. The van der Waals surface area contributed by atoms with E-state index in [2.05, 4.69) is 10.6 Å². The van der Waals surface area contributed by atoms with Crippen LogP contribution in [0.15, 0.2) is 18.2 Å². The van der Waals surface area contributed by atoms with Crippen LogP contribution in [0, 0.1) is 5.41 Å². The predicted molar refractivity (Wildman–Crippen MR) is 97.5 cm³/mol. The van der Waals surface area contributed by atoms with Crippen molar-refractivity contribution in [3.8, 4) is 0 Å². The summed E-state index contributed by atoms with van der Waals surface area (Å²) in [6.45, 7) is 5.16. The van der Waals surface area contributed by atoms with Crippen molar-refractivity contribution in [1.29, 1.82) is 0 Å². The third-order valence-electron chi connectivity index (χ3n) is 4.29. The van der Waals surface area contributed by atoms with E-state index in [4.69, 9.17) is 22.1 Å². The number of amides is 2. The molecule has 1 fully saturated rings. The van der Waals surface area contributed by atoms with E-state index in [1.165, 1.54) is 0 Å². The number of hydrogen-bond acceptors (Lipinski definition) is 4. The number of primary amides is 1. The van der Waals surface area contributed by atoms with Crippen molar-refractivity contribution in [2.45, 2.75) is 51.8 Å². The monoisotopic (exact) mass is 403 g/mol. The molecule has 6 nitrogen and oxygen atoms in total. The highest BCUT2D eigenvalue weighted by molar-refractivity contribution is 6.30. The molecule has 27 heavy (non-hydrogen) atoms. The van der Waals surface area contributed by atoms with Gasteiger partial charge in [0.15, 0.2) is 0 Å². The minimum Gasteiger partial charge on any atom is -0.441 e. The predicted octanol–water partition coefficient (Wildman–Crippen LogP) is 3.14. The van der Waals surface area contributed by atoms with Crippen LogP contribution in [0.25, 0.3) is 0 Å². The Bertz CT molecular complexity index is 722. The lowest BCUT2D eigenvalue weighted by Crippen LogP contribution is -2.40. The molecule has 0 aromatic heterocycles. The summed E-state index contributed by atoms with van der Waals surface area (Å²) in [4.78, 5) is 23.5. The number of carbonyl (C=O) groups excluding carboxylic acids is 2. The smallest absolute Gasteiger partial charge is 0.405 e. The fourth-order valence-corrected chi connectivity index (χ4v) is 3.21. The number of nitrogens with two attached hydrogens (primary N) is 1. The maximum atomic E-state index is 13.3. The highest BCUT2D eigenvalue weighted by Gasteiger charge is 2.42. The van der Waals surface area contributed by atoms with Crippen LogP contribution >= 0.6 is 11.6 Å². The normalized spacial score (nSPS) is 20.1. The molecule has 150 valence electrons. The van der Waals surface area contributed by atoms with E-state index >= 15 is 0 Å². The lowest BCUT2D eigenvalue weighted by molar-refractivity contribution is -0.123. The fourth-order valence-electron chi connectivity index (χ4n) is 3.01. The van der Waals surface area contributed by atoms with E-state index in [1.807, 2.05) is 20.8 Å². The second-order valence-corrected chi connectivity index (χ2v) is 8.17. The molecule has 9 heteroatoms. The third-order valence-corrected chi connectivity index (χ3v) is 4.52. The summed E-state index contributed by atoms with van der Waals surface area (Å²) in [5.74, 6) is -3.42. The molecule has 1 unspecified atom stereocenters. The number of benzene rings is 1. The van der Waals surface area contributed by atoms with Gasteiger partial charge in [-0.3, -0.25) is 10.1 Å². The lowest BCUT2D eigenvalue weighted by atomic mass is 9.82. The van der Waals surface area contributed by atoms with Crippen LogP contribution in [0.2, 0.25) is 5.02 Å². The van der Waals surface area contributed by atoms with Gasteiger partial charge in [-0.05, 0) is 23.3 Å². The molecule has 2 amide bonds. The number of hydrogen-bond donors (Lipinski definition) is 3. The summed E-state index contributed by atoms with van der Waals surface area (Å²) in [5.41, 5.74) is 5.97. The Labute approximate surface area is 161 Å². The molecule has 2 rings (SSSR count). The van der Waals surface area contributed by atoms with Gasteiger partial charge >= 0.3 is 6.09 Å². The quantitative estimate of drug-likeness (QED) is 0.704. The van der Waals surface area contributed by atoms with Crippen LogP contribution in [-0.4, -0.2) is 30.5 Å². The van der Waals surface area contributed by atoms with E-state index in [0.29, 0.717) is 16.1 Å². The molecule has 0 saturated carbocycles. The van der Waals surface area contributed by atoms with Crippen molar-refractivity contribution in [3.05, 3.63) is 34.3 Å². The molecule has 4 N–H and O–H groups in total. The molecule has 1 aromatic rings. The van der Waals surface area contributed by atoms with Crippen molar-refractivity contribution < 1.29 is 23.1 Å². The molecule has 0 spiro atoms. The van der Waals surface area contributed by atoms with Gasteiger partial charge < -0.3 is 15.8 Å². The number of alkyl halides is 2. The maximum Gasteiger partial charge on any atom is 0.405 e. The molecule has 1 saturated heterocycles. The summed E-state index contributed by atoms with van der Waals surface area (Å²) >= 11 is 6.06. The molecular weight excluding hydrogens is 380 g/mol. The molecule has 2 atom stereocenters. The number of carbonyl (C=O) groups is 2. The van der Waals surface area contributed by atoms with Crippen LogP contribution in [0.1, 0.15) is 44.4 Å². The molecule has 1 aliphatic heterocycles. The Morgan fingerprint density at radius 3 is 2.63 bits per heavy atom. The van der Waals surface area contributed by atoms with Crippen LogP contribution in [-0.2, 0) is 16.1 Å². The first-order valence-electron chi connectivity index (χ1n) is 8.52. The van der Waals surface area contributed by atoms with Gasteiger partial charge in [0, 0.05) is 23.4 Å². The lowest BCUT2D eigenvalue weighted by Gasteiger charge is -2.31. The van der Waals surface area contributed by atoms with Gasteiger partial charge in [-0.15, -0.1) is 0 Å². The van der Waals surface area contributed by atoms with Crippen molar-refractivity contribution in [3.63, 3.8) is 0 Å². The molecule has 1 aromatic carbocycles. The minimum absolute atomic E-state index is 0.0488. The Hall–Kier alpha value is -1.93. The Morgan fingerprint density at radius 2 is 2.11 bits per heavy atom. The van der Waals surface area contributed by atoms with Crippen LogP contribution in [0.4, 0.5) is 13.6 Å². The standard InChI is InChI=1S/C18H24ClF2N3O3/c1-17(2,3)14(27-16(22)26)12-5-4-11(19)6-10(12)8-23-15(25)13-7-18(20,21)9-24-13/h4-6,13-14,24H,7-9H2,1-3H3,(H2,22,26)(H,23,25)/t13?,14-/m1/s1. The second-order valence-electron chi connectivity index (χ2n) is 7.74. The zero-order chi connectivity index (χ0) is 20.4. The number of nitrogens with one attached hydrogen (secondary N) is 2. The van der Waals surface area contributed by atoms with Gasteiger partial charge in [-0.25, -0.2) is 13.6 Å². The van der Waals surface area contributed by atoms with Crippen molar-refractivity contribution in [1.82, 2.24) is 10.6 Å². The zero-order valence-electron chi connectivity index (χ0n) is 15.4. The second kappa shape index (κ2) is 7.98. The van der Waals surface area contributed by atoms with Crippen LogP contribution < -0.4 is 16.4 Å². The highest BCUT2D eigenvalue weighted by Crippen LogP contribution is 2.38. The topological polar surface area (TPSA) is 93.4 Å². The van der Waals surface area contributed by atoms with Crippen LogP contribution in [0.5, 0.6) is 0 Å². The van der Waals surface area contributed by atoms with Crippen molar-refractivity contribution in [2.24, 2.45) is 11.1 Å². The molecule has 0 aliphatic carbocycles. The maximum absolute atomic E-state index is 13.3. The van der Waals surface area contributed by atoms with E-state index in [9.17, 15) is 18.4 Å². The van der Waals surface area contributed by atoms with E-state index in [1.54, 1.807) is 18.2 Å². The van der Waals surface area contributed by atoms with Gasteiger partial charge in [-0.1, -0.05) is 38.4 Å². The summed E-state index contributed by atoms with van der Waals surface area (Å²) in [7, 11) is 0. The first kappa shape index (κ1) is 21.4. The summed E-state index contributed by atoms with van der Waals surface area (Å²) in [6, 6.07) is 4.02. The van der Waals surface area contributed by atoms with Crippen molar-refractivity contribution in [2.75, 3.05) is 6.54 Å². The highest BCUT2D eigenvalue weighted by atomic mass is 35.5. The van der Waals surface area contributed by atoms with Gasteiger partial charge in [0.1, 0.15) is 6.10 Å². The summed E-state index contributed by atoms with van der Waals surface area (Å²) in [6.07, 6.45) is -2.14. The Kier molecular flexibility index (Phi) is 6.32. The molecular formula is C18H24ClF2N3O3. The average molecular weight is 404 g/mol. The molecule has 0 radical (unpaired) electrons. The van der Waals surface area contributed by atoms with Gasteiger partial charge in [0.25, 0.3) is 5.92 Å². The fraction of sp³-hybridized carbons (Fsp3) is 0.556. The number of ether oxygens (including phenoxy) is 1. The SMILES string of the molecule is CC(C)(C)[C@H](OC(N)=O)c1ccc(Cl)cc1CNC(=O)C1CC(F)(F)CN1. The van der Waals surface area contributed by atoms with Gasteiger partial charge in [-0.2, -0.15) is 0 Å². The first-order chi connectivity index (χ1) is 12.4. The van der Waals surface area contributed by atoms with Crippen LogP contribution in [0.3, 0.4) is 0 Å². The van der Waals surface area contributed by atoms with E-state index < -0.39 is 48.4 Å².